The number of nitrogens with two attached hydrogens (primary N) is 1. The monoisotopic (exact) mass is 353 g/mol. The van der Waals surface area contributed by atoms with Crippen molar-refractivity contribution >= 4 is 11.8 Å². The van der Waals surface area contributed by atoms with E-state index < -0.39 is 11.6 Å². The molecule has 5 nitrogen and oxygen atoms in total. The lowest BCUT2D eigenvalue weighted by Crippen LogP contribution is -2.51. The molecule has 0 aliphatic rings. The summed E-state index contributed by atoms with van der Waals surface area (Å²) < 4.78 is 0. The highest BCUT2D eigenvalue weighted by molar-refractivity contribution is 5.88. The Bertz CT molecular complexity index is 690. The number of benzene rings is 2. The van der Waals surface area contributed by atoms with Crippen LogP contribution in [0.2, 0.25) is 0 Å². The molecule has 0 aromatic heterocycles. The Morgan fingerprint density at radius 1 is 0.962 bits per heavy atom. The highest BCUT2D eigenvalue weighted by Crippen LogP contribution is 2.28. The lowest BCUT2D eigenvalue weighted by molar-refractivity contribution is -0.128. The fourth-order valence-electron chi connectivity index (χ4n) is 2.77. The standard InChI is InChI=1S/C21H27N3O2/c1-15(2)19(22)20(26)23-14-18(25)24-21(3,16-10-6-4-7-11-16)17-12-8-5-9-13-17/h4-13,15,19H,14,22H2,1-3H3,(H,23,26)(H,24,25)/t19-/m0/s1. The van der Waals surface area contributed by atoms with Crippen molar-refractivity contribution in [1.82, 2.24) is 10.6 Å². The molecule has 0 saturated heterocycles. The van der Waals surface area contributed by atoms with Crippen LogP contribution in [0.15, 0.2) is 60.7 Å². The molecule has 2 amide bonds. The molecule has 2 rings (SSSR count). The van der Waals surface area contributed by atoms with Gasteiger partial charge in [0.25, 0.3) is 0 Å². The molecule has 2 aromatic rings. The maximum absolute atomic E-state index is 12.5. The van der Waals surface area contributed by atoms with Gasteiger partial charge in [-0.2, -0.15) is 0 Å². The Balaban J connectivity index is 2.15. The number of carbonyl (C=O) groups is 2. The average molecular weight is 353 g/mol. The lowest BCUT2D eigenvalue weighted by atomic mass is 9.84. The van der Waals surface area contributed by atoms with Crippen LogP contribution in [-0.4, -0.2) is 24.4 Å². The Hall–Kier alpha value is -2.66. The third kappa shape index (κ3) is 4.70. The first-order chi connectivity index (χ1) is 12.3. The molecule has 0 spiro atoms. The van der Waals surface area contributed by atoms with E-state index in [1.165, 1.54) is 0 Å². The van der Waals surface area contributed by atoms with Crippen LogP contribution in [0.3, 0.4) is 0 Å². The van der Waals surface area contributed by atoms with Gasteiger partial charge >= 0.3 is 0 Å². The minimum absolute atomic E-state index is 0.0111. The molecule has 5 heteroatoms. The third-order valence-corrected chi connectivity index (χ3v) is 4.54. The predicted molar refractivity (Wildman–Crippen MR) is 103 cm³/mol. The van der Waals surface area contributed by atoms with Gasteiger partial charge in [-0.3, -0.25) is 9.59 Å². The van der Waals surface area contributed by atoms with Gasteiger partial charge in [0, 0.05) is 0 Å². The van der Waals surface area contributed by atoms with Crippen LogP contribution in [0.5, 0.6) is 0 Å². The maximum Gasteiger partial charge on any atom is 0.240 e. The molecule has 0 bridgehead atoms. The zero-order valence-corrected chi connectivity index (χ0v) is 15.5. The fourth-order valence-corrected chi connectivity index (χ4v) is 2.77. The molecule has 26 heavy (non-hydrogen) atoms. The largest absolute Gasteiger partial charge is 0.346 e. The first-order valence-corrected chi connectivity index (χ1v) is 8.80. The van der Waals surface area contributed by atoms with Crippen molar-refractivity contribution in [3.63, 3.8) is 0 Å². The second-order valence-electron chi connectivity index (χ2n) is 6.89. The normalized spacial score (nSPS) is 12.5. The second kappa shape index (κ2) is 8.63. The van der Waals surface area contributed by atoms with E-state index in [2.05, 4.69) is 10.6 Å². The van der Waals surface area contributed by atoms with Crippen molar-refractivity contribution in [2.75, 3.05) is 6.54 Å². The molecule has 4 N–H and O–H groups in total. The van der Waals surface area contributed by atoms with E-state index in [4.69, 9.17) is 5.73 Å². The van der Waals surface area contributed by atoms with E-state index in [0.717, 1.165) is 11.1 Å². The summed E-state index contributed by atoms with van der Waals surface area (Å²) in [6.07, 6.45) is 0. The van der Waals surface area contributed by atoms with Crippen molar-refractivity contribution in [3.8, 4) is 0 Å². The summed E-state index contributed by atoms with van der Waals surface area (Å²) in [4.78, 5) is 24.5. The summed E-state index contributed by atoms with van der Waals surface area (Å²) in [7, 11) is 0. The number of hydrogen-bond donors (Lipinski definition) is 3. The summed E-state index contributed by atoms with van der Waals surface area (Å²) in [5.41, 5.74) is 7.03. The Labute approximate surface area is 155 Å². The van der Waals surface area contributed by atoms with Crippen molar-refractivity contribution < 1.29 is 9.59 Å². The molecule has 1 atom stereocenters. The van der Waals surface area contributed by atoms with E-state index in [1.807, 2.05) is 81.4 Å². The summed E-state index contributed by atoms with van der Waals surface area (Å²) in [5, 5.41) is 5.67. The van der Waals surface area contributed by atoms with Crippen molar-refractivity contribution in [3.05, 3.63) is 71.8 Å². The summed E-state index contributed by atoms with van der Waals surface area (Å²) in [6.45, 7) is 5.57. The molecule has 2 aromatic carbocycles. The molecule has 0 aliphatic heterocycles. The minimum Gasteiger partial charge on any atom is -0.346 e. The van der Waals surface area contributed by atoms with Crippen LogP contribution in [0.25, 0.3) is 0 Å². The molecule has 138 valence electrons. The topological polar surface area (TPSA) is 84.2 Å². The van der Waals surface area contributed by atoms with Crippen LogP contribution >= 0.6 is 0 Å². The molecule has 0 saturated carbocycles. The zero-order chi connectivity index (χ0) is 19.2. The van der Waals surface area contributed by atoms with Gasteiger partial charge in [-0.1, -0.05) is 74.5 Å². The van der Waals surface area contributed by atoms with E-state index in [1.54, 1.807) is 0 Å². The average Bonchev–Trinajstić information content (AvgIpc) is 2.66. The number of rotatable bonds is 7. The van der Waals surface area contributed by atoms with E-state index >= 15 is 0 Å². The van der Waals surface area contributed by atoms with E-state index in [9.17, 15) is 9.59 Å². The lowest BCUT2D eigenvalue weighted by Gasteiger charge is -2.32. The van der Waals surface area contributed by atoms with Gasteiger partial charge in [0.15, 0.2) is 0 Å². The molecule has 0 aliphatic carbocycles. The highest BCUT2D eigenvalue weighted by Gasteiger charge is 2.30. The summed E-state index contributed by atoms with van der Waals surface area (Å²) in [5.74, 6) is -0.585. The highest BCUT2D eigenvalue weighted by atomic mass is 16.2. The molecule has 0 heterocycles. The Morgan fingerprint density at radius 3 is 1.85 bits per heavy atom. The van der Waals surface area contributed by atoms with Crippen LogP contribution in [0, 0.1) is 5.92 Å². The SMILES string of the molecule is CC(C)[C@H](N)C(=O)NCC(=O)NC(C)(c1ccccc1)c1ccccc1. The molecule has 0 unspecified atom stereocenters. The van der Waals surface area contributed by atoms with Gasteiger partial charge < -0.3 is 16.4 Å². The molecular weight excluding hydrogens is 326 g/mol. The maximum atomic E-state index is 12.5. The van der Waals surface area contributed by atoms with E-state index in [-0.39, 0.29) is 24.3 Å². The number of amides is 2. The van der Waals surface area contributed by atoms with Gasteiger partial charge in [0.05, 0.1) is 18.1 Å². The quantitative estimate of drug-likeness (QED) is 0.713. The molecule has 0 fully saturated rings. The third-order valence-electron chi connectivity index (χ3n) is 4.54. The molecular formula is C21H27N3O2. The van der Waals surface area contributed by atoms with Gasteiger partial charge in [0.2, 0.25) is 11.8 Å². The smallest absolute Gasteiger partial charge is 0.240 e. The summed E-state index contributed by atoms with van der Waals surface area (Å²) >= 11 is 0. The van der Waals surface area contributed by atoms with E-state index in [0.29, 0.717) is 0 Å². The van der Waals surface area contributed by atoms with Gasteiger partial charge in [-0.15, -0.1) is 0 Å². The summed E-state index contributed by atoms with van der Waals surface area (Å²) in [6, 6.07) is 18.9. The first kappa shape index (κ1) is 19.7. The second-order valence-corrected chi connectivity index (χ2v) is 6.89. The fraction of sp³-hybridized carbons (Fsp3) is 0.333. The number of carbonyl (C=O) groups excluding carboxylic acids is 2. The predicted octanol–water partition coefficient (Wildman–Crippen LogP) is 2.17. The Morgan fingerprint density at radius 2 is 1.42 bits per heavy atom. The zero-order valence-electron chi connectivity index (χ0n) is 15.5. The van der Waals surface area contributed by atoms with Gasteiger partial charge in [-0.25, -0.2) is 0 Å². The van der Waals surface area contributed by atoms with Gasteiger partial charge in [0.1, 0.15) is 0 Å². The number of hydrogen-bond acceptors (Lipinski definition) is 3. The van der Waals surface area contributed by atoms with Crippen molar-refractivity contribution in [2.24, 2.45) is 11.7 Å². The molecule has 0 radical (unpaired) electrons. The van der Waals surface area contributed by atoms with Crippen LogP contribution < -0.4 is 16.4 Å². The van der Waals surface area contributed by atoms with Gasteiger partial charge in [-0.05, 0) is 24.0 Å². The van der Waals surface area contributed by atoms with Crippen molar-refractivity contribution in [1.29, 1.82) is 0 Å². The van der Waals surface area contributed by atoms with Crippen molar-refractivity contribution in [2.45, 2.75) is 32.4 Å². The first-order valence-electron chi connectivity index (χ1n) is 8.80. The minimum atomic E-state index is -0.704. The van der Waals surface area contributed by atoms with Crippen LogP contribution in [0.1, 0.15) is 31.9 Å². The number of nitrogens with one attached hydrogen (secondary N) is 2. The van der Waals surface area contributed by atoms with Crippen LogP contribution in [-0.2, 0) is 15.1 Å². The van der Waals surface area contributed by atoms with Crippen LogP contribution in [0.4, 0.5) is 0 Å². The Kier molecular flexibility index (Phi) is 6.52.